The van der Waals surface area contributed by atoms with Crippen molar-refractivity contribution in [3.8, 4) is 0 Å². The average Bonchev–Trinajstić information content (AvgIpc) is 2.00. The molecule has 10 heavy (non-hydrogen) atoms. The van der Waals surface area contributed by atoms with Crippen LogP contribution in [0.2, 0.25) is 4.47 Å². The van der Waals surface area contributed by atoms with Crippen LogP contribution in [-0.4, -0.2) is 14.2 Å². The molecule has 0 N–H and O–H groups in total. The van der Waals surface area contributed by atoms with Gasteiger partial charge in [-0.25, -0.2) is 0 Å². The Balaban J connectivity index is 3.80. The molecule has 0 unspecified atom stereocenters. The molecule has 0 saturated carbocycles. The summed E-state index contributed by atoms with van der Waals surface area (Å²) < 4.78 is 5.67. The topological polar surface area (TPSA) is 0 Å². The van der Waals surface area contributed by atoms with Crippen molar-refractivity contribution in [2.75, 3.05) is 0 Å². The summed E-state index contributed by atoms with van der Waals surface area (Å²) in [6.45, 7) is 9.95. The summed E-state index contributed by atoms with van der Waals surface area (Å²) in [5.41, 5.74) is 0. The summed E-state index contributed by atoms with van der Waals surface area (Å²) in [6.07, 6.45) is 2.63. The van der Waals surface area contributed by atoms with E-state index in [1.165, 1.54) is 17.3 Å². The molecule has 0 rings (SSSR count). The molecule has 0 aromatic carbocycles. The van der Waals surface area contributed by atoms with Crippen LogP contribution in [0.3, 0.4) is 0 Å². The molecule has 0 saturated heterocycles. The van der Waals surface area contributed by atoms with Gasteiger partial charge in [-0.1, -0.05) is 0 Å². The average molecular weight is 366 g/mol. The maximum atomic E-state index is 3.86. The number of hydrogen-bond acceptors (Lipinski definition) is 0. The Morgan fingerprint density at radius 3 is 2.20 bits per heavy atom. The Hall–Kier alpha value is 1.000. The first-order valence-corrected chi connectivity index (χ1v) is 14.6. The van der Waals surface area contributed by atoms with E-state index in [4.69, 9.17) is 0 Å². The fourth-order valence-electron chi connectivity index (χ4n) is 0.600. The summed E-state index contributed by atoms with van der Waals surface area (Å²) in [7, 11) is 0. The van der Waals surface area contributed by atoms with E-state index in [2.05, 4.69) is 47.0 Å². The predicted molar refractivity (Wildman–Crippen MR) is 59.9 cm³/mol. The van der Waals surface area contributed by atoms with Crippen molar-refractivity contribution in [2.45, 2.75) is 24.2 Å². The van der Waals surface area contributed by atoms with E-state index in [0.717, 1.165) is 0 Å². The number of halogens is 1. The van der Waals surface area contributed by atoms with E-state index in [-0.39, 0.29) is 0 Å². The molecule has 0 aliphatic rings. The molecule has 0 aromatic heterocycles. The molecular weight excluding hydrogens is 351 g/mol. The van der Waals surface area contributed by atoms with Gasteiger partial charge in [0.2, 0.25) is 0 Å². The second-order valence-corrected chi connectivity index (χ2v) is 20.5. The van der Waals surface area contributed by atoms with Gasteiger partial charge in [-0.3, -0.25) is 0 Å². The van der Waals surface area contributed by atoms with E-state index in [1.807, 2.05) is 0 Å². The number of hydrogen-bond donors (Lipinski definition) is 0. The van der Waals surface area contributed by atoms with Crippen LogP contribution in [0.4, 0.5) is 0 Å². The summed E-state index contributed by atoms with van der Waals surface area (Å²) in [5, 5.41) is 0. The first kappa shape index (κ1) is 11.0. The third-order valence-electron chi connectivity index (χ3n) is 1.36. The van der Waals surface area contributed by atoms with E-state index < -0.39 is 14.2 Å². The first-order chi connectivity index (χ1) is 4.68. The Morgan fingerprint density at radius 1 is 1.40 bits per heavy atom. The first-order valence-electron chi connectivity index (χ1n) is 3.44. The van der Waals surface area contributed by atoms with E-state index in [0.29, 0.717) is 0 Å². The van der Waals surface area contributed by atoms with Crippen LogP contribution < -0.4 is 0 Å². The van der Waals surface area contributed by atoms with Crippen LogP contribution in [0.15, 0.2) is 21.4 Å². The molecule has 0 heterocycles. The number of rotatable bonds is 5. The van der Waals surface area contributed by atoms with Crippen molar-refractivity contribution in [2.24, 2.45) is 0 Å². The molecule has 0 spiro atoms. The van der Waals surface area contributed by atoms with Crippen LogP contribution >= 0.6 is 18.7 Å². The fraction of sp³-hybridized carbons (Fsp3) is 0.500. The van der Waals surface area contributed by atoms with Crippen LogP contribution in [0, 0.1) is 0 Å². The van der Waals surface area contributed by atoms with Crippen LogP contribution in [0.5, 0.6) is 0 Å². The standard InChI is InChI=1S/C8H15ITe/c1-4-7-8-10(9,5-2)6-3/h5-6H,2-4,7-8H2,1H3. The van der Waals surface area contributed by atoms with Gasteiger partial charge in [-0.15, -0.1) is 0 Å². The Kier molecular flexibility index (Phi) is 6.19. The van der Waals surface area contributed by atoms with Crippen LogP contribution in [-0.2, 0) is 0 Å². The quantitative estimate of drug-likeness (QED) is 0.516. The van der Waals surface area contributed by atoms with Crippen molar-refractivity contribution in [3.05, 3.63) is 21.4 Å². The van der Waals surface area contributed by atoms with Gasteiger partial charge in [0.05, 0.1) is 0 Å². The molecule has 0 amide bonds. The Bertz CT molecular complexity index is 112. The van der Waals surface area contributed by atoms with Gasteiger partial charge >= 0.3 is 78.6 Å². The van der Waals surface area contributed by atoms with Gasteiger partial charge in [0.25, 0.3) is 0 Å². The summed E-state index contributed by atoms with van der Waals surface area (Å²) >= 11 is 0.861. The molecule has 0 fully saturated rings. The molecule has 60 valence electrons. The molecule has 0 radical (unpaired) electrons. The molecular formula is C8H15ITe. The number of unbranched alkanes of at least 4 members (excludes halogenated alkanes) is 1. The third-order valence-corrected chi connectivity index (χ3v) is 14.9. The van der Waals surface area contributed by atoms with Gasteiger partial charge in [-0.2, -0.15) is 0 Å². The van der Waals surface area contributed by atoms with Gasteiger partial charge in [-0.05, 0) is 0 Å². The minimum atomic E-state index is -1.72. The SMILES string of the molecule is C=C[Te](I)(C=C)CCCC. The fourth-order valence-corrected chi connectivity index (χ4v) is 6.12. The molecule has 2 heteroatoms. The van der Waals surface area contributed by atoms with E-state index >= 15 is 0 Å². The second-order valence-electron chi connectivity index (χ2n) is 2.15. The van der Waals surface area contributed by atoms with Crippen LogP contribution in [0.1, 0.15) is 19.8 Å². The Labute approximate surface area is 77.8 Å². The molecule has 0 aliphatic carbocycles. The molecule has 0 aromatic rings. The monoisotopic (exact) mass is 368 g/mol. The molecule has 0 atom stereocenters. The molecule has 0 bridgehead atoms. The van der Waals surface area contributed by atoms with Crippen molar-refractivity contribution >= 4 is 32.9 Å². The van der Waals surface area contributed by atoms with E-state index in [9.17, 15) is 0 Å². The second kappa shape index (κ2) is 5.62. The van der Waals surface area contributed by atoms with Crippen molar-refractivity contribution < 1.29 is 0 Å². The van der Waals surface area contributed by atoms with Crippen molar-refractivity contribution in [1.82, 2.24) is 0 Å². The zero-order valence-electron chi connectivity index (χ0n) is 6.48. The zero-order valence-corrected chi connectivity index (χ0v) is 11.0. The van der Waals surface area contributed by atoms with Gasteiger partial charge in [0, 0.05) is 0 Å². The third kappa shape index (κ3) is 4.00. The molecule has 0 nitrogen and oxygen atoms in total. The van der Waals surface area contributed by atoms with E-state index in [1.54, 1.807) is 0 Å². The van der Waals surface area contributed by atoms with Crippen LogP contribution in [0.25, 0.3) is 0 Å². The maximum absolute atomic E-state index is 3.86. The van der Waals surface area contributed by atoms with Crippen molar-refractivity contribution in [1.29, 1.82) is 0 Å². The van der Waals surface area contributed by atoms with Crippen molar-refractivity contribution in [3.63, 3.8) is 0 Å². The normalized spacial score (nSPS) is 12.6. The molecule has 0 aliphatic heterocycles. The van der Waals surface area contributed by atoms with Gasteiger partial charge in [0.15, 0.2) is 0 Å². The summed E-state index contributed by atoms with van der Waals surface area (Å²) in [6, 6.07) is 0. The van der Waals surface area contributed by atoms with Gasteiger partial charge < -0.3 is 0 Å². The van der Waals surface area contributed by atoms with Gasteiger partial charge in [0.1, 0.15) is 0 Å². The minimum absolute atomic E-state index is 1.29. The summed E-state index contributed by atoms with van der Waals surface area (Å²) in [5.74, 6) is 0. The Morgan fingerprint density at radius 2 is 1.90 bits per heavy atom. The summed E-state index contributed by atoms with van der Waals surface area (Å²) in [4.78, 5) is 0. The zero-order chi connectivity index (χ0) is 8.04. The predicted octanol–water partition coefficient (Wildman–Crippen LogP) is 3.62.